The standard InChI is InChI=1S/C21H21ClN2O3/c1-26-17-5-2-15(3-6-17)12-19-18-7-4-16(22)13-20(18)24(21(19)25)14-23-8-10-27-11-9-23/h2-7,12-13H,8-11,14H2,1H3. The van der Waals surface area contributed by atoms with Crippen molar-refractivity contribution in [2.75, 3.05) is 45.0 Å². The van der Waals surface area contributed by atoms with Crippen molar-refractivity contribution in [3.63, 3.8) is 0 Å². The van der Waals surface area contributed by atoms with Crippen LogP contribution in [-0.2, 0) is 9.53 Å². The monoisotopic (exact) mass is 384 g/mol. The second-order valence-electron chi connectivity index (χ2n) is 6.60. The molecule has 1 fully saturated rings. The molecule has 4 rings (SSSR count). The number of carbonyl (C=O) groups is 1. The molecule has 2 aromatic rings. The lowest BCUT2D eigenvalue weighted by Crippen LogP contribution is -2.45. The first-order valence-electron chi connectivity index (χ1n) is 8.93. The zero-order valence-corrected chi connectivity index (χ0v) is 15.9. The molecule has 2 heterocycles. The Bertz CT molecular complexity index is 873. The van der Waals surface area contributed by atoms with Crippen LogP contribution in [0.25, 0.3) is 11.6 Å². The molecule has 0 aliphatic carbocycles. The fourth-order valence-electron chi connectivity index (χ4n) is 3.42. The molecule has 0 atom stereocenters. The van der Waals surface area contributed by atoms with Crippen LogP contribution in [0.2, 0.25) is 5.02 Å². The van der Waals surface area contributed by atoms with Gasteiger partial charge in [-0.3, -0.25) is 14.6 Å². The van der Waals surface area contributed by atoms with E-state index >= 15 is 0 Å². The summed E-state index contributed by atoms with van der Waals surface area (Å²) < 4.78 is 10.6. The molecule has 1 saturated heterocycles. The van der Waals surface area contributed by atoms with E-state index in [0.717, 1.165) is 35.7 Å². The van der Waals surface area contributed by atoms with Gasteiger partial charge in [0, 0.05) is 29.2 Å². The van der Waals surface area contributed by atoms with Crippen molar-refractivity contribution in [2.45, 2.75) is 0 Å². The van der Waals surface area contributed by atoms with Crippen molar-refractivity contribution in [2.24, 2.45) is 0 Å². The van der Waals surface area contributed by atoms with E-state index in [1.807, 2.05) is 53.4 Å². The topological polar surface area (TPSA) is 42.0 Å². The molecule has 27 heavy (non-hydrogen) atoms. The summed E-state index contributed by atoms with van der Waals surface area (Å²) in [5.74, 6) is 0.783. The molecule has 2 aliphatic rings. The third-order valence-corrected chi connectivity index (χ3v) is 5.12. The molecule has 6 heteroatoms. The predicted octanol–water partition coefficient (Wildman–Crippen LogP) is 3.53. The molecule has 2 aliphatic heterocycles. The van der Waals surface area contributed by atoms with E-state index in [2.05, 4.69) is 4.90 Å². The van der Waals surface area contributed by atoms with Gasteiger partial charge in [0.05, 0.1) is 32.7 Å². The van der Waals surface area contributed by atoms with E-state index < -0.39 is 0 Å². The Morgan fingerprint density at radius 3 is 2.59 bits per heavy atom. The van der Waals surface area contributed by atoms with Gasteiger partial charge >= 0.3 is 0 Å². The van der Waals surface area contributed by atoms with Crippen LogP contribution in [0.4, 0.5) is 5.69 Å². The SMILES string of the molecule is COc1ccc(C=C2C(=O)N(CN3CCOCC3)c3cc(Cl)ccc32)cc1. The number of methoxy groups -OCH3 is 1. The third kappa shape index (κ3) is 3.72. The summed E-state index contributed by atoms with van der Waals surface area (Å²) in [7, 11) is 1.64. The highest BCUT2D eigenvalue weighted by atomic mass is 35.5. The molecule has 0 aromatic heterocycles. The first kappa shape index (κ1) is 18.0. The van der Waals surface area contributed by atoms with E-state index in [9.17, 15) is 4.79 Å². The minimum atomic E-state index is -0.00502. The van der Waals surface area contributed by atoms with Crippen LogP contribution in [-0.4, -0.2) is 50.9 Å². The van der Waals surface area contributed by atoms with Crippen LogP contribution < -0.4 is 9.64 Å². The quantitative estimate of drug-likeness (QED) is 0.756. The lowest BCUT2D eigenvalue weighted by molar-refractivity contribution is -0.113. The largest absolute Gasteiger partial charge is 0.497 e. The molecule has 0 saturated carbocycles. The number of hydrogen-bond donors (Lipinski definition) is 0. The van der Waals surface area contributed by atoms with Gasteiger partial charge in [-0.25, -0.2) is 0 Å². The minimum absolute atomic E-state index is 0.00502. The van der Waals surface area contributed by atoms with E-state index in [-0.39, 0.29) is 5.91 Å². The Morgan fingerprint density at radius 2 is 1.89 bits per heavy atom. The van der Waals surface area contributed by atoms with Crippen molar-refractivity contribution in [1.29, 1.82) is 0 Å². The number of ether oxygens (including phenoxy) is 2. The number of benzene rings is 2. The lowest BCUT2D eigenvalue weighted by Gasteiger charge is -2.30. The average molecular weight is 385 g/mol. The Hall–Kier alpha value is -2.34. The predicted molar refractivity (Wildman–Crippen MR) is 107 cm³/mol. The van der Waals surface area contributed by atoms with Gasteiger partial charge < -0.3 is 9.47 Å². The number of anilines is 1. The lowest BCUT2D eigenvalue weighted by atomic mass is 10.0. The van der Waals surface area contributed by atoms with E-state index in [1.54, 1.807) is 7.11 Å². The molecule has 140 valence electrons. The highest BCUT2D eigenvalue weighted by molar-refractivity contribution is 6.37. The summed E-state index contributed by atoms with van der Waals surface area (Å²) in [5, 5.41) is 0.624. The second-order valence-corrected chi connectivity index (χ2v) is 7.03. The summed E-state index contributed by atoms with van der Waals surface area (Å²) in [6.07, 6.45) is 1.92. The fraction of sp³-hybridized carbons (Fsp3) is 0.286. The zero-order chi connectivity index (χ0) is 18.8. The fourth-order valence-corrected chi connectivity index (χ4v) is 3.58. The zero-order valence-electron chi connectivity index (χ0n) is 15.2. The number of halogens is 1. The normalized spacial score (nSPS) is 18.8. The van der Waals surface area contributed by atoms with Crippen molar-refractivity contribution < 1.29 is 14.3 Å². The molecule has 0 radical (unpaired) electrons. The van der Waals surface area contributed by atoms with Gasteiger partial charge in [0.2, 0.25) is 0 Å². The number of carbonyl (C=O) groups excluding carboxylic acids is 1. The van der Waals surface area contributed by atoms with Gasteiger partial charge in [0.1, 0.15) is 5.75 Å². The van der Waals surface area contributed by atoms with Crippen molar-refractivity contribution in [3.05, 3.63) is 58.6 Å². The highest BCUT2D eigenvalue weighted by Gasteiger charge is 2.33. The maximum absolute atomic E-state index is 13.2. The van der Waals surface area contributed by atoms with Gasteiger partial charge in [-0.05, 0) is 35.9 Å². The molecule has 0 bridgehead atoms. The van der Waals surface area contributed by atoms with Crippen LogP contribution in [0.1, 0.15) is 11.1 Å². The summed E-state index contributed by atoms with van der Waals surface area (Å²) in [4.78, 5) is 17.2. The minimum Gasteiger partial charge on any atom is -0.497 e. The number of nitrogens with zero attached hydrogens (tertiary/aromatic N) is 2. The van der Waals surface area contributed by atoms with E-state index in [4.69, 9.17) is 21.1 Å². The molecule has 5 nitrogen and oxygen atoms in total. The summed E-state index contributed by atoms with van der Waals surface area (Å²) in [5.41, 5.74) is 3.40. The van der Waals surface area contributed by atoms with Crippen molar-refractivity contribution in [1.82, 2.24) is 4.90 Å². The molecule has 0 unspecified atom stereocenters. The number of morpholine rings is 1. The molecule has 1 amide bonds. The van der Waals surface area contributed by atoms with Crippen LogP contribution in [0.15, 0.2) is 42.5 Å². The first-order valence-corrected chi connectivity index (χ1v) is 9.31. The summed E-state index contributed by atoms with van der Waals surface area (Å²) in [6.45, 7) is 3.56. The number of amides is 1. The Morgan fingerprint density at radius 1 is 1.15 bits per heavy atom. The Labute approximate surface area is 163 Å². The van der Waals surface area contributed by atoms with Gasteiger partial charge in [0.25, 0.3) is 5.91 Å². The van der Waals surface area contributed by atoms with Crippen molar-refractivity contribution in [3.8, 4) is 5.75 Å². The maximum Gasteiger partial charge on any atom is 0.260 e. The Balaban J connectivity index is 1.68. The third-order valence-electron chi connectivity index (χ3n) is 4.89. The van der Waals surface area contributed by atoms with Gasteiger partial charge in [0.15, 0.2) is 0 Å². The van der Waals surface area contributed by atoms with Gasteiger partial charge in [-0.15, -0.1) is 0 Å². The smallest absolute Gasteiger partial charge is 0.260 e. The van der Waals surface area contributed by atoms with Crippen molar-refractivity contribution >= 4 is 34.8 Å². The molecule has 2 aromatic carbocycles. The maximum atomic E-state index is 13.2. The highest BCUT2D eigenvalue weighted by Crippen LogP contribution is 2.39. The number of rotatable bonds is 4. The van der Waals surface area contributed by atoms with Gasteiger partial charge in [-0.1, -0.05) is 29.8 Å². The summed E-state index contributed by atoms with van der Waals surface area (Å²) >= 11 is 6.22. The van der Waals surface area contributed by atoms with E-state index in [1.165, 1.54) is 0 Å². The van der Waals surface area contributed by atoms with Crippen LogP contribution in [0, 0.1) is 0 Å². The molecular weight excluding hydrogens is 364 g/mol. The molecular formula is C21H21ClN2O3. The van der Waals surface area contributed by atoms with Crippen LogP contribution in [0.3, 0.4) is 0 Å². The van der Waals surface area contributed by atoms with E-state index in [0.29, 0.717) is 30.5 Å². The van der Waals surface area contributed by atoms with Crippen LogP contribution >= 0.6 is 11.6 Å². The van der Waals surface area contributed by atoms with Gasteiger partial charge in [-0.2, -0.15) is 0 Å². The second kappa shape index (κ2) is 7.72. The summed E-state index contributed by atoms with van der Waals surface area (Å²) in [6, 6.07) is 13.3. The molecule has 0 spiro atoms. The molecule has 0 N–H and O–H groups in total. The Kier molecular flexibility index (Phi) is 5.16. The number of fused-ring (bicyclic) bond motifs is 1. The average Bonchev–Trinajstić information content (AvgIpc) is 2.94. The first-order chi connectivity index (χ1) is 13.2. The number of hydrogen-bond acceptors (Lipinski definition) is 4. The van der Waals surface area contributed by atoms with Crippen LogP contribution in [0.5, 0.6) is 5.75 Å².